The van der Waals surface area contributed by atoms with Crippen molar-refractivity contribution >= 4 is 5.91 Å². The van der Waals surface area contributed by atoms with Crippen LogP contribution in [-0.4, -0.2) is 17.4 Å². The van der Waals surface area contributed by atoms with Gasteiger partial charge in [0.1, 0.15) is 5.76 Å². The summed E-state index contributed by atoms with van der Waals surface area (Å²) in [6.07, 6.45) is 1.63. The highest BCUT2D eigenvalue weighted by Crippen LogP contribution is 2.32. The minimum atomic E-state index is -0.135. The monoisotopic (exact) mass is 346 g/mol. The van der Waals surface area contributed by atoms with Crippen molar-refractivity contribution in [2.75, 3.05) is 6.54 Å². The van der Waals surface area contributed by atoms with E-state index in [1.165, 1.54) is 22.3 Å². The van der Waals surface area contributed by atoms with E-state index in [0.29, 0.717) is 6.54 Å². The van der Waals surface area contributed by atoms with Crippen molar-refractivity contribution in [2.24, 2.45) is 0 Å². The van der Waals surface area contributed by atoms with Gasteiger partial charge < -0.3 is 9.73 Å². The molecule has 0 spiro atoms. The highest BCUT2D eigenvalue weighted by Gasteiger charge is 2.21. The molecule has 1 aromatic heterocycles. The van der Waals surface area contributed by atoms with E-state index in [1.807, 2.05) is 19.1 Å². The van der Waals surface area contributed by atoms with Crippen molar-refractivity contribution < 1.29 is 9.21 Å². The van der Waals surface area contributed by atoms with Gasteiger partial charge in [0, 0.05) is 13.1 Å². The highest BCUT2D eigenvalue weighted by molar-refractivity contribution is 5.79. The van der Waals surface area contributed by atoms with Crippen LogP contribution in [0.2, 0.25) is 0 Å². The first-order valence-electron chi connectivity index (χ1n) is 8.92. The Balaban J connectivity index is 1.52. The van der Waals surface area contributed by atoms with Crippen LogP contribution in [0.15, 0.2) is 71.3 Å². The molecule has 0 radical (unpaired) electrons. The fourth-order valence-electron chi connectivity index (χ4n) is 3.59. The number of rotatable bonds is 4. The van der Waals surface area contributed by atoms with Crippen LogP contribution in [0.25, 0.3) is 11.1 Å². The average molecular weight is 346 g/mol. The van der Waals surface area contributed by atoms with Gasteiger partial charge in [-0.15, -0.1) is 0 Å². The summed E-state index contributed by atoms with van der Waals surface area (Å²) in [7, 11) is 0. The van der Waals surface area contributed by atoms with Crippen LogP contribution in [0.5, 0.6) is 0 Å². The van der Waals surface area contributed by atoms with E-state index in [2.05, 4.69) is 58.7 Å². The van der Waals surface area contributed by atoms with Crippen molar-refractivity contribution in [3.05, 3.63) is 83.8 Å². The second kappa shape index (κ2) is 7.18. The maximum atomic E-state index is 12.6. The Kier molecular flexibility index (Phi) is 4.59. The van der Waals surface area contributed by atoms with Crippen molar-refractivity contribution in [3.8, 4) is 11.1 Å². The number of nitrogens with zero attached hydrogens (tertiary/aromatic N) is 1. The first-order valence-corrected chi connectivity index (χ1v) is 8.92. The maximum Gasteiger partial charge on any atom is 0.234 e. The smallest absolute Gasteiger partial charge is 0.234 e. The number of carbonyl (C=O) groups is 1. The molecule has 1 atom stereocenters. The zero-order chi connectivity index (χ0) is 17.9. The lowest BCUT2D eigenvalue weighted by Crippen LogP contribution is -2.37. The number of amides is 1. The van der Waals surface area contributed by atoms with E-state index in [4.69, 9.17) is 4.42 Å². The molecule has 1 aliphatic rings. The molecule has 4 nitrogen and oxygen atoms in total. The molecule has 1 N–H and O–H groups in total. The largest absolute Gasteiger partial charge is 0.467 e. The second-order valence-electron chi connectivity index (χ2n) is 6.76. The molecule has 132 valence electrons. The molecule has 2 aromatic carbocycles. The summed E-state index contributed by atoms with van der Waals surface area (Å²) in [5.74, 6) is 0.774. The average Bonchev–Trinajstić information content (AvgIpc) is 3.12. The van der Waals surface area contributed by atoms with Gasteiger partial charge in [0.25, 0.3) is 0 Å². The minimum Gasteiger partial charge on any atom is -0.467 e. The molecule has 3 aromatic rings. The summed E-state index contributed by atoms with van der Waals surface area (Å²) < 4.78 is 5.37. The summed E-state index contributed by atoms with van der Waals surface area (Å²) in [4.78, 5) is 14.7. The van der Waals surface area contributed by atoms with Gasteiger partial charge in [0.15, 0.2) is 0 Å². The van der Waals surface area contributed by atoms with Gasteiger partial charge in [0.2, 0.25) is 5.91 Å². The number of furan rings is 1. The highest BCUT2D eigenvalue weighted by atomic mass is 16.3. The third kappa shape index (κ3) is 3.41. The van der Waals surface area contributed by atoms with Gasteiger partial charge in [-0.05, 0) is 41.3 Å². The molecule has 1 unspecified atom stereocenters. The predicted octanol–water partition coefficient (Wildman–Crippen LogP) is 4.14. The Hall–Kier alpha value is -2.85. The fraction of sp³-hybridized carbons (Fsp3) is 0.227. The summed E-state index contributed by atoms with van der Waals surface area (Å²) in [5.41, 5.74) is 5.03. The van der Waals surface area contributed by atoms with Crippen LogP contribution in [0.1, 0.15) is 29.9 Å². The van der Waals surface area contributed by atoms with E-state index in [-0.39, 0.29) is 11.9 Å². The molecule has 0 aliphatic carbocycles. The SMILES string of the molecule is CC(NC(=O)CN1Cc2ccccc2-c2ccccc2C1)c1ccco1. The molecule has 1 aliphatic heterocycles. The Bertz CT molecular complexity index is 855. The Morgan fingerprint density at radius 2 is 1.62 bits per heavy atom. The second-order valence-corrected chi connectivity index (χ2v) is 6.76. The van der Waals surface area contributed by atoms with Gasteiger partial charge in [-0.3, -0.25) is 9.69 Å². The molecule has 26 heavy (non-hydrogen) atoms. The molecular weight excluding hydrogens is 324 g/mol. The molecule has 2 heterocycles. The van der Waals surface area contributed by atoms with Crippen LogP contribution in [0.3, 0.4) is 0 Å². The van der Waals surface area contributed by atoms with Crippen molar-refractivity contribution in [1.29, 1.82) is 0 Å². The number of hydrogen-bond donors (Lipinski definition) is 1. The Labute approximate surface area is 153 Å². The zero-order valence-electron chi connectivity index (χ0n) is 14.8. The quantitative estimate of drug-likeness (QED) is 0.772. The van der Waals surface area contributed by atoms with E-state index in [1.54, 1.807) is 6.26 Å². The van der Waals surface area contributed by atoms with E-state index < -0.39 is 0 Å². The molecule has 0 fully saturated rings. The number of fused-ring (bicyclic) bond motifs is 3. The summed E-state index contributed by atoms with van der Waals surface area (Å²) >= 11 is 0. The maximum absolute atomic E-state index is 12.6. The number of benzene rings is 2. The summed E-state index contributed by atoms with van der Waals surface area (Å²) in [5, 5.41) is 3.02. The summed E-state index contributed by atoms with van der Waals surface area (Å²) in [6, 6.07) is 20.5. The van der Waals surface area contributed by atoms with E-state index >= 15 is 0 Å². The lowest BCUT2D eigenvalue weighted by molar-refractivity contribution is -0.123. The molecule has 0 saturated carbocycles. The fourth-order valence-corrected chi connectivity index (χ4v) is 3.59. The Morgan fingerprint density at radius 3 is 2.19 bits per heavy atom. The molecular formula is C22H22N2O2. The van der Waals surface area contributed by atoms with Crippen LogP contribution in [-0.2, 0) is 17.9 Å². The van der Waals surface area contributed by atoms with Crippen LogP contribution in [0, 0.1) is 0 Å². The van der Waals surface area contributed by atoms with Crippen molar-refractivity contribution in [2.45, 2.75) is 26.1 Å². The molecule has 0 saturated heterocycles. The minimum absolute atomic E-state index is 0.00534. The van der Waals surface area contributed by atoms with Crippen molar-refractivity contribution in [3.63, 3.8) is 0 Å². The molecule has 4 heteroatoms. The van der Waals surface area contributed by atoms with Gasteiger partial charge in [-0.1, -0.05) is 48.5 Å². The third-order valence-corrected chi connectivity index (χ3v) is 4.83. The van der Waals surface area contributed by atoms with E-state index in [9.17, 15) is 4.79 Å². The first-order chi connectivity index (χ1) is 12.7. The lowest BCUT2D eigenvalue weighted by atomic mass is 9.97. The standard InChI is InChI=1S/C22H22N2O2/c1-16(21-11-6-12-26-21)23-22(25)15-24-13-17-7-2-4-9-19(17)20-10-5-3-8-18(20)14-24/h2-12,16H,13-15H2,1H3,(H,23,25). The molecule has 1 amide bonds. The molecule has 4 rings (SSSR count). The van der Waals surface area contributed by atoms with E-state index in [0.717, 1.165) is 18.8 Å². The summed E-state index contributed by atoms with van der Waals surface area (Å²) in [6.45, 7) is 3.80. The zero-order valence-corrected chi connectivity index (χ0v) is 14.8. The van der Waals surface area contributed by atoms with Gasteiger partial charge in [-0.25, -0.2) is 0 Å². The topological polar surface area (TPSA) is 45.5 Å². The van der Waals surface area contributed by atoms with Crippen LogP contribution in [0.4, 0.5) is 0 Å². The third-order valence-electron chi connectivity index (χ3n) is 4.83. The van der Waals surface area contributed by atoms with Crippen molar-refractivity contribution in [1.82, 2.24) is 10.2 Å². The Morgan fingerprint density at radius 1 is 1.00 bits per heavy atom. The predicted molar refractivity (Wildman–Crippen MR) is 101 cm³/mol. The number of hydrogen-bond acceptors (Lipinski definition) is 3. The van der Waals surface area contributed by atoms with Gasteiger partial charge in [-0.2, -0.15) is 0 Å². The van der Waals surface area contributed by atoms with Crippen LogP contribution >= 0.6 is 0 Å². The van der Waals surface area contributed by atoms with Crippen LogP contribution < -0.4 is 5.32 Å². The number of carbonyl (C=O) groups excluding carboxylic acids is 1. The molecule has 0 bridgehead atoms. The lowest BCUT2D eigenvalue weighted by Gasteiger charge is -2.21. The van der Waals surface area contributed by atoms with Gasteiger partial charge >= 0.3 is 0 Å². The van der Waals surface area contributed by atoms with Gasteiger partial charge in [0.05, 0.1) is 18.8 Å². The normalized spacial score (nSPS) is 14.8. The number of nitrogens with one attached hydrogen (secondary N) is 1. The first kappa shape index (κ1) is 16.6.